The Labute approximate surface area is 109 Å². The van der Waals surface area contributed by atoms with E-state index < -0.39 is 5.60 Å². The SMILES string of the molecule is CC(C)c1ccc(SCCC(C)(O)CN)cc1. The van der Waals surface area contributed by atoms with E-state index in [-0.39, 0.29) is 0 Å². The van der Waals surface area contributed by atoms with Crippen molar-refractivity contribution in [1.82, 2.24) is 0 Å². The molecule has 3 N–H and O–H groups in total. The second-order valence-electron chi connectivity index (χ2n) is 5.02. The molecule has 1 unspecified atom stereocenters. The summed E-state index contributed by atoms with van der Waals surface area (Å²) in [5.74, 6) is 1.47. The van der Waals surface area contributed by atoms with E-state index in [1.165, 1.54) is 10.5 Å². The first-order chi connectivity index (χ1) is 7.94. The van der Waals surface area contributed by atoms with Gasteiger partial charge in [-0.05, 0) is 37.0 Å². The van der Waals surface area contributed by atoms with Crippen molar-refractivity contribution < 1.29 is 5.11 Å². The lowest BCUT2D eigenvalue weighted by Crippen LogP contribution is -2.34. The Balaban J connectivity index is 2.42. The van der Waals surface area contributed by atoms with Crippen LogP contribution < -0.4 is 5.73 Å². The summed E-state index contributed by atoms with van der Waals surface area (Å²) >= 11 is 1.77. The molecule has 3 heteroatoms. The van der Waals surface area contributed by atoms with Gasteiger partial charge < -0.3 is 10.8 Å². The Morgan fingerprint density at radius 1 is 1.29 bits per heavy atom. The third-order valence-corrected chi connectivity index (χ3v) is 3.91. The largest absolute Gasteiger partial charge is 0.389 e. The maximum Gasteiger partial charge on any atom is 0.0749 e. The van der Waals surface area contributed by atoms with Crippen LogP contribution in [0.25, 0.3) is 0 Å². The van der Waals surface area contributed by atoms with Crippen molar-refractivity contribution in [3.63, 3.8) is 0 Å². The van der Waals surface area contributed by atoms with Crippen LogP contribution in [0.5, 0.6) is 0 Å². The fraction of sp³-hybridized carbons (Fsp3) is 0.571. The Bertz CT molecular complexity index is 333. The molecule has 0 aliphatic rings. The molecule has 0 saturated heterocycles. The summed E-state index contributed by atoms with van der Waals surface area (Å²) < 4.78 is 0. The zero-order valence-electron chi connectivity index (χ0n) is 10.9. The summed E-state index contributed by atoms with van der Waals surface area (Å²) in [5, 5.41) is 9.78. The molecule has 0 amide bonds. The average Bonchev–Trinajstić information content (AvgIpc) is 2.29. The van der Waals surface area contributed by atoms with Crippen molar-refractivity contribution in [2.75, 3.05) is 12.3 Å². The van der Waals surface area contributed by atoms with Crippen LogP contribution in [0.15, 0.2) is 29.2 Å². The van der Waals surface area contributed by atoms with Gasteiger partial charge in [0.25, 0.3) is 0 Å². The molecule has 0 spiro atoms. The molecule has 0 aromatic heterocycles. The van der Waals surface area contributed by atoms with Crippen molar-refractivity contribution in [2.45, 2.75) is 43.6 Å². The molecule has 96 valence electrons. The normalized spacial score (nSPS) is 14.9. The van der Waals surface area contributed by atoms with E-state index in [0.29, 0.717) is 12.5 Å². The minimum absolute atomic E-state index is 0.319. The lowest BCUT2D eigenvalue weighted by atomic mass is 10.0. The molecule has 0 aliphatic heterocycles. The topological polar surface area (TPSA) is 46.2 Å². The van der Waals surface area contributed by atoms with Gasteiger partial charge in [0, 0.05) is 17.2 Å². The minimum Gasteiger partial charge on any atom is -0.389 e. The van der Waals surface area contributed by atoms with Crippen molar-refractivity contribution in [2.24, 2.45) is 5.73 Å². The van der Waals surface area contributed by atoms with E-state index in [0.717, 1.165) is 12.2 Å². The zero-order chi connectivity index (χ0) is 12.9. The highest BCUT2D eigenvalue weighted by Crippen LogP contribution is 2.24. The highest BCUT2D eigenvalue weighted by Gasteiger charge is 2.17. The summed E-state index contributed by atoms with van der Waals surface area (Å²) in [6, 6.07) is 8.65. The molecule has 0 saturated carbocycles. The number of rotatable bonds is 6. The van der Waals surface area contributed by atoms with E-state index in [1.54, 1.807) is 18.7 Å². The standard InChI is InChI=1S/C14H23NOS/c1-11(2)12-4-6-13(7-5-12)17-9-8-14(3,16)10-15/h4-7,11,16H,8-10,15H2,1-3H3. The first-order valence-corrected chi connectivity index (χ1v) is 7.08. The summed E-state index contributed by atoms with van der Waals surface area (Å²) in [6.07, 6.45) is 0.722. The second kappa shape index (κ2) is 6.43. The molecule has 17 heavy (non-hydrogen) atoms. The van der Waals surface area contributed by atoms with Crippen molar-refractivity contribution in [3.8, 4) is 0 Å². The number of thioether (sulfide) groups is 1. The van der Waals surface area contributed by atoms with E-state index in [1.807, 2.05) is 0 Å². The van der Waals surface area contributed by atoms with E-state index in [9.17, 15) is 5.11 Å². The quantitative estimate of drug-likeness (QED) is 0.766. The molecule has 0 bridgehead atoms. The maximum atomic E-state index is 9.78. The molecule has 1 aromatic carbocycles. The van der Waals surface area contributed by atoms with Crippen LogP contribution in [0.3, 0.4) is 0 Å². The van der Waals surface area contributed by atoms with Gasteiger partial charge in [-0.25, -0.2) is 0 Å². The average molecular weight is 253 g/mol. The van der Waals surface area contributed by atoms with Gasteiger partial charge in [-0.15, -0.1) is 11.8 Å². The fourth-order valence-corrected chi connectivity index (χ4v) is 2.55. The maximum absolute atomic E-state index is 9.78. The predicted octanol–water partition coefficient (Wildman–Crippen LogP) is 3.00. The predicted molar refractivity (Wildman–Crippen MR) is 75.6 cm³/mol. The van der Waals surface area contributed by atoms with Crippen LogP contribution in [-0.2, 0) is 0 Å². The molecule has 1 atom stereocenters. The van der Waals surface area contributed by atoms with Crippen LogP contribution in [0, 0.1) is 0 Å². The molecule has 0 aliphatic carbocycles. The van der Waals surface area contributed by atoms with Gasteiger partial charge in [-0.3, -0.25) is 0 Å². The highest BCUT2D eigenvalue weighted by molar-refractivity contribution is 7.99. The monoisotopic (exact) mass is 253 g/mol. The van der Waals surface area contributed by atoms with Crippen LogP contribution in [-0.4, -0.2) is 23.0 Å². The second-order valence-corrected chi connectivity index (χ2v) is 6.19. The van der Waals surface area contributed by atoms with Gasteiger partial charge >= 0.3 is 0 Å². The van der Waals surface area contributed by atoms with Gasteiger partial charge in [-0.1, -0.05) is 26.0 Å². The molecule has 2 nitrogen and oxygen atoms in total. The fourth-order valence-electron chi connectivity index (χ4n) is 1.44. The van der Waals surface area contributed by atoms with Crippen molar-refractivity contribution >= 4 is 11.8 Å². The highest BCUT2D eigenvalue weighted by atomic mass is 32.2. The summed E-state index contributed by atoms with van der Waals surface area (Å²) in [7, 11) is 0. The molecular formula is C14H23NOS. The Hall–Kier alpha value is -0.510. The van der Waals surface area contributed by atoms with E-state index in [4.69, 9.17) is 5.73 Å². The lowest BCUT2D eigenvalue weighted by Gasteiger charge is -2.20. The van der Waals surface area contributed by atoms with Crippen LogP contribution >= 0.6 is 11.8 Å². The first kappa shape index (κ1) is 14.6. The summed E-state index contributed by atoms with van der Waals surface area (Å²) in [4.78, 5) is 1.25. The van der Waals surface area contributed by atoms with Gasteiger partial charge in [-0.2, -0.15) is 0 Å². The molecule has 1 aromatic rings. The number of hydrogen-bond acceptors (Lipinski definition) is 3. The minimum atomic E-state index is -0.731. The Morgan fingerprint density at radius 3 is 2.35 bits per heavy atom. The van der Waals surface area contributed by atoms with Gasteiger partial charge in [0.1, 0.15) is 0 Å². The number of aliphatic hydroxyl groups is 1. The molecule has 1 rings (SSSR count). The first-order valence-electron chi connectivity index (χ1n) is 6.10. The third kappa shape index (κ3) is 5.11. The van der Waals surface area contributed by atoms with E-state index >= 15 is 0 Å². The smallest absolute Gasteiger partial charge is 0.0749 e. The molecule has 0 radical (unpaired) electrons. The van der Waals surface area contributed by atoms with Crippen LogP contribution in [0.2, 0.25) is 0 Å². The summed E-state index contributed by atoms with van der Waals surface area (Å²) in [5.41, 5.74) is 6.11. The van der Waals surface area contributed by atoms with Crippen molar-refractivity contribution in [3.05, 3.63) is 29.8 Å². The molecule has 0 heterocycles. The van der Waals surface area contributed by atoms with Gasteiger partial charge in [0.15, 0.2) is 0 Å². The Morgan fingerprint density at radius 2 is 1.88 bits per heavy atom. The lowest BCUT2D eigenvalue weighted by molar-refractivity contribution is 0.0665. The van der Waals surface area contributed by atoms with Gasteiger partial charge in [0.2, 0.25) is 0 Å². The molecular weight excluding hydrogens is 230 g/mol. The molecule has 0 fully saturated rings. The summed E-state index contributed by atoms with van der Waals surface area (Å²) in [6.45, 7) is 6.50. The number of hydrogen-bond donors (Lipinski definition) is 2. The van der Waals surface area contributed by atoms with Gasteiger partial charge in [0.05, 0.1) is 5.60 Å². The zero-order valence-corrected chi connectivity index (χ0v) is 11.8. The Kier molecular flexibility index (Phi) is 5.50. The van der Waals surface area contributed by atoms with Crippen LogP contribution in [0.4, 0.5) is 0 Å². The van der Waals surface area contributed by atoms with Crippen LogP contribution in [0.1, 0.15) is 38.7 Å². The number of benzene rings is 1. The van der Waals surface area contributed by atoms with Crippen molar-refractivity contribution in [1.29, 1.82) is 0 Å². The third-order valence-electron chi connectivity index (χ3n) is 2.90. The van der Waals surface area contributed by atoms with E-state index in [2.05, 4.69) is 38.1 Å². The number of nitrogens with two attached hydrogens (primary N) is 1.